The van der Waals surface area contributed by atoms with Crippen molar-refractivity contribution in [3.05, 3.63) is 80.8 Å². The number of fused-ring (bicyclic) bond motifs is 1. The van der Waals surface area contributed by atoms with Gasteiger partial charge >= 0.3 is 11.7 Å². The van der Waals surface area contributed by atoms with Gasteiger partial charge in [-0.05, 0) is 50.1 Å². The number of cyclic esters (lactones) is 1. The molecule has 1 N–H and O–H groups in total. The molecule has 33 heavy (non-hydrogen) atoms. The summed E-state index contributed by atoms with van der Waals surface area (Å²) in [6.07, 6.45) is 3.66. The summed E-state index contributed by atoms with van der Waals surface area (Å²) in [6.45, 7) is 8.87. The van der Waals surface area contributed by atoms with Gasteiger partial charge in [-0.25, -0.2) is 9.59 Å². The van der Waals surface area contributed by atoms with Gasteiger partial charge in [0, 0.05) is 62.4 Å². The van der Waals surface area contributed by atoms with Crippen LogP contribution in [0.15, 0.2) is 41.5 Å². The highest BCUT2D eigenvalue weighted by molar-refractivity contribution is 5.94. The molecule has 3 aromatic rings. The van der Waals surface area contributed by atoms with Gasteiger partial charge in [0.05, 0.1) is 16.9 Å². The van der Waals surface area contributed by atoms with Crippen LogP contribution in [-0.2, 0) is 24.9 Å². The number of ether oxygens (including phenoxy) is 1. The molecule has 1 aromatic carbocycles. The smallest absolute Gasteiger partial charge is 0.338 e. The minimum Gasteiger partial charge on any atom is -0.457 e. The fraction of sp³-hybridized carbons (Fsp3) is 0.400. The molecule has 2 aliphatic rings. The lowest BCUT2D eigenvalue weighted by Gasteiger charge is -2.39. The van der Waals surface area contributed by atoms with Crippen LogP contribution in [0.4, 0.5) is 0 Å². The number of hydrogen-bond donors (Lipinski definition) is 1. The number of aromatic nitrogens is 3. The standard InChI is InChI=1S/C25H29N5O3/c1-15-9-18(7-8-26-15)30-12-19(28(4)25(30)32)11-29-13-23(27-10-16(29)2)20-5-6-21-22(17(20)3)14-33-24(21)31/h5-9,12,16,23,27H,10-11,13-14H2,1-4H3/t16?,23-/m0/s1. The number of carbonyl (C=O) groups excluding carboxylic acids is 1. The first kappa shape index (κ1) is 21.6. The zero-order valence-electron chi connectivity index (χ0n) is 19.5. The molecule has 0 radical (unpaired) electrons. The lowest BCUT2D eigenvalue weighted by molar-refractivity contribution is 0.0535. The molecule has 1 fully saturated rings. The average Bonchev–Trinajstić information content (AvgIpc) is 3.31. The summed E-state index contributed by atoms with van der Waals surface area (Å²) in [5.41, 5.74) is 6.60. The molecule has 0 aliphatic carbocycles. The van der Waals surface area contributed by atoms with Crippen LogP contribution in [0.3, 0.4) is 0 Å². The molecule has 4 heterocycles. The maximum Gasteiger partial charge on any atom is 0.338 e. The van der Waals surface area contributed by atoms with Crippen molar-refractivity contribution in [2.75, 3.05) is 13.1 Å². The van der Waals surface area contributed by atoms with Crippen molar-refractivity contribution >= 4 is 5.97 Å². The van der Waals surface area contributed by atoms with Crippen LogP contribution in [-0.4, -0.2) is 44.1 Å². The van der Waals surface area contributed by atoms with E-state index in [1.807, 2.05) is 44.4 Å². The normalized spacial score (nSPS) is 20.7. The molecule has 0 spiro atoms. The number of aryl methyl sites for hydroxylation is 1. The molecule has 2 atom stereocenters. The summed E-state index contributed by atoms with van der Waals surface area (Å²) < 4.78 is 8.64. The largest absolute Gasteiger partial charge is 0.457 e. The zero-order valence-corrected chi connectivity index (χ0v) is 19.5. The molecule has 8 heteroatoms. The third-order valence-corrected chi connectivity index (χ3v) is 7.01. The second-order valence-corrected chi connectivity index (χ2v) is 9.11. The highest BCUT2D eigenvalue weighted by Gasteiger charge is 2.31. The van der Waals surface area contributed by atoms with Crippen molar-refractivity contribution in [2.24, 2.45) is 7.05 Å². The third kappa shape index (κ3) is 3.79. The van der Waals surface area contributed by atoms with E-state index in [-0.39, 0.29) is 17.7 Å². The van der Waals surface area contributed by atoms with Gasteiger partial charge in [-0.1, -0.05) is 6.07 Å². The Kier molecular flexibility index (Phi) is 5.42. The van der Waals surface area contributed by atoms with Gasteiger partial charge in [-0.3, -0.25) is 19.0 Å². The molecule has 1 unspecified atom stereocenters. The highest BCUT2D eigenvalue weighted by Crippen LogP contribution is 2.31. The fourth-order valence-electron chi connectivity index (χ4n) is 4.89. The van der Waals surface area contributed by atoms with Crippen LogP contribution in [0.1, 0.15) is 51.4 Å². The molecule has 1 saturated heterocycles. The number of nitrogens with zero attached hydrogens (tertiary/aromatic N) is 4. The molecule has 2 aliphatic heterocycles. The van der Waals surface area contributed by atoms with E-state index >= 15 is 0 Å². The van der Waals surface area contributed by atoms with Gasteiger partial charge < -0.3 is 10.1 Å². The van der Waals surface area contributed by atoms with Crippen LogP contribution < -0.4 is 11.0 Å². The lowest BCUT2D eigenvalue weighted by atomic mass is 9.92. The van der Waals surface area contributed by atoms with Gasteiger partial charge in [-0.15, -0.1) is 0 Å². The maximum atomic E-state index is 12.9. The molecular weight excluding hydrogens is 418 g/mol. The minimum absolute atomic E-state index is 0.0610. The summed E-state index contributed by atoms with van der Waals surface area (Å²) in [4.78, 5) is 31.5. The Morgan fingerprint density at radius 1 is 1.21 bits per heavy atom. The van der Waals surface area contributed by atoms with Gasteiger partial charge in [0.25, 0.3) is 0 Å². The van der Waals surface area contributed by atoms with Crippen molar-refractivity contribution < 1.29 is 9.53 Å². The number of benzene rings is 1. The number of piperazine rings is 1. The van der Waals surface area contributed by atoms with Crippen molar-refractivity contribution in [1.29, 1.82) is 0 Å². The Hall–Kier alpha value is -3.23. The van der Waals surface area contributed by atoms with Crippen LogP contribution >= 0.6 is 0 Å². The van der Waals surface area contributed by atoms with Gasteiger partial charge in [0.1, 0.15) is 6.61 Å². The first-order chi connectivity index (χ1) is 15.8. The topological polar surface area (TPSA) is 81.4 Å². The van der Waals surface area contributed by atoms with E-state index in [2.05, 4.69) is 29.0 Å². The highest BCUT2D eigenvalue weighted by atomic mass is 16.5. The molecule has 5 rings (SSSR count). The fourth-order valence-corrected chi connectivity index (χ4v) is 4.89. The van der Waals surface area contributed by atoms with E-state index in [0.29, 0.717) is 24.8 Å². The van der Waals surface area contributed by atoms with E-state index in [1.54, 1.807) is 15.3 Å². The summed E-state index contributed by atoms with van der Waals surface area (Å²) in [6, 6.07) is 8.17. The maximum absolute atomic E-state index is 12.9. The Balaban J connectivity index is 1.40. The Bertz CT molecular complexity index is 1290. The second-order valence-electron chi connectivity index (χ2n) is 9.11. The molecule has 0 bridgehead atoms. The lowest BCUT2D eigenvalue weighted by Crippen LogP contribution is -2.51. The Morgan fingerprint density at radius 3 is 2.82 bits per heavy atom. The van der Waals surface area contributed by atoms with Crippen molar-refractivity contribution in [3.8, 4) is 5.69 Å². The van der Waals surface area contributed by atoms with Crippen molar-refractivity contribution in [3.63, 3.8) is 0 Å². The summed E-state index contributed by atoms with van der Waals surface area (Å²) >= 11 is 0. The van der Waals surface area contributed by atoms with E-state index in [9.17, 15) is 9.59 Å². The molecule has 172 valence electrons. The molecular formula is C25H29N5O3. The number of nitrogens with one attached hydrogen (secondary N) is 1. The monoisotopic (exact) mass is 447 g/mol. The third-order valence-electron chi connectivity index (χ3n) is 7.01. The van der Waals surface area contributed by atoms with E-state index in [4.69, 9.17) is 4.74 Å². The minimum atomic E-state index is -0.235. The van der Waals surface area contributed by atoms with E-state index in [0.717, 1.165) is 41.3 Å². The van der Waals surface area contributed by atoms with E-state index < -0.39 is 0 Å². The number of hydrogen-bond acceptors (Lipinski definition) is 6. The average molecular weight is 448 g/mol. The van der Waals surface area contributed by atoms with Gasteiger partial charge in [0.15, 0.2) is 0 Å². The van der Waals surface area contributed by atoms with E-state index in [1.165, 1.54) is 5.56 Å². The predicted octanol–water partition coefficient (Wildman–Crippen LogP) is 2.39. The number of carbonyl (C=O) groups is 1. The van der Waals surface area contributed by atoms with Crippen LogP contribution in [0.25, 0.3) is 5.69 Å². The van der Waals surface area contributed by atoms with Crippen molar-refractivity contribution in [1.82, 2.24) is 24.3 Å². The summed E-state index contributed by atoms with van der Waals surface area (Å²) in [5, 5.41) is 3.66. The van der Waals surface area contributed by atoms with Gasteiger partial charge in [0.2, 0.25) is 0 Å². The van der Waals surface area contributed by atoms with Crippen LogP contribution in [0.2, 0.25) is 0 Å². The van der Waals surface area contributed by atoms with Gasteiger partial charge in [-0.2, -0.15) is 0 Å². The number of rotatable bonds is 4. The first-order valence-corrected chi connectivity index (χ1v) is 11.3. The molecule has 8 nitrogen and oxygen atoms in total. The Labute approximate surface area is 192 Å². The first-order valence-electron chi connectivity index (χ1n) is 11.3. The Morgan fingerprint density at radius 2 is 2.03 bits per heavy atom. The summed E-state index contributed by atoms with van der Waals surface area (Å²) in [7, 11) is 1.83. The SMILES string of the molecule is Cc1cc(-n2cc(CN3C[C@@H](c4ccc5c(c4C)COC5=O)NCC3C)n(C)c2=O)ccn1. The number of esters is 1. The van der Waals surface area contributed by atoms with Crippen molar-refractivity contribution in [2.45, 2.75) is 46.0 Å². The van der Waals surface area contributed by atoms with Crippen LogP contribution in [0, 0.1) is 13.8 Å². The number of pyridine rings is 1. The second kappa shape index (κ2) is 8.28. The quantitative estimate of drug-likeness (QED) is 0.619. The molecule has 0 saturated carbocycles. The van der Waals surface area contributed by atoms with Crippen LogP contribution in [0.5, 0.6) is 0 Å². The molecule has 0 amide bonds. The predicted molar refractivity (Wildman–Crippen MR) is 124 cm³/mol. The number of imidazole rings is 1. The zero-order chi connectivity index (χ0) is 23.3. The summed E-state index contributed by atoms with van der Waals surface area (Å²) in [5.74, 6) is -0.235. The molecule has 2 aromatic heterocycles.